The minimum Gasteiger partial charge on any atom is -0.373 e. The zero-order valence-corrected chi connectivity index (χ0v) is 11.6. The molecular formula is C16H22N2O. The Kier molecular flexibility index (Phi) is 3.45. The number of piperidine rings is 1. The number of aryl methyl sites for hydroxylation is 1. The summed E-state index contributed by atoms with van der Waals surface area (Å²) in [5.74, 6) is 1.06. The minimum absolute atomic E-state index is 0.0247. The van der Waals surface area contributed by atoms with Gasteiger partial charge in [-0.15, -0.1) is 0 Å². The molecule has 2 heterocycles. The fourth-order valence-electron chi connectivity index (χ4n) is 3.07. The van der Waals surface area contributed by atoms with Gasteiger partial charge in [0.25, 0.3) is 0 Å². The molecule has 1 amide bonds. The van der Waals surface area contributed by atoms with Gasteiger partial charge < -0.3 is 10.2 Å². The van der Waals surface area contributed by atoms with Crippen LogP contribution in [0.25, 0.3) is 0 Å². The zero-order chi connectivity index (χ0) is 13.2. The summed E-state index contributed by atoms with van der Waals surface area (Å²) in [4.78, 5) is 14.6. The second kappa shape index (κ2) is 5.24. The number of benzene rings is 1. The summed E-state index contributed by atoms with van der Waals surface area (Å²) in [6.45, 7) is 4.14. The molecule has 0 bridgehead atoms. The standard InChI is InChI=1S/C16H22N2O/c1-12-8-10-18(11-9-12)16(19)15-7-6-13-4-2-3-5-14(13)17-15/h2-5,12,15,17H,6-11H2,1H3. The molecule has 0 spiro atoms. The largest absolute Gasteiger partial charge is 0.373 e. The molecule has 2 aliphatic rings. The van der Waals surface area contributed by atoms with Crippen molar-refractivity contribution >= 4 is 11.6 Å². The third-order valence-electron chi connectivity index (χ3n) is 4.44. The molecule has 3 nitrogen and oxygen atoms in total. The Morgan fingerprint density at radius 2 is 1.95 bits per heavy atom. The predicted molar refractivity (Wildman–Crippen MR) is 77.2 cm³/mol. The van der Waals surface area contributed by atoms with E-state index in [-0.39, 0.29) is 6.04 Å². The molecule has 0 aliphatic carbocycles. The molecule has 0 radical (unpaired) electrons. The lowest BCUT2D eigenvalue weighted by molar-refractivity contribution is -0.133. The van der Waals surface area contributed by atoms with Gasteiger partial charge in [0, 0.05) is 18.8 Å². The second-order valence-electron chi connectivity index (χ2n) is 5.90. The van der Waals surface area contributed by atoms with Crippen LogP contribution < -0.4 is 5.32 Å². The minimum atomic E-state index is -0.0247. The Morgan fingerprint density at radius 3 is 2.74 bits per heavy atom. The number of fused-ring (bicyclic) bond motifs is 1. The smallest absolute Gasteiger partial charge is 0.245 e. The summed E-state index contributed by atoms with van der Waals surface area (Å²) in [5, 5.41) is 3.41. The van der Waals surface area contributed by atoms with Crippen molar-refractivity contribution in [3.8, 4) is 0 Å². The van der Waals surface area contributed by atoms with Crippen molar-refractivity contribution < 1.29 is 4.79 Å². The topological polar surface area (TPSA) is 32.3 Å². The van der Waals surface area contributed by atoms with Crippen LogP contribution >= 0.6 is 0 Å². The predicted octanol–water partition coefficient (Wildman–Crippen LogP) is 2.67. The Hall–Kier alpha value is -1.51. The van der Waals surface area contributed by atoms with Crippen LogP contribution in [0, 0.1) is 5.92 Å². The molecule has 1 aromatic rings. The molecule has 19 heavy (non-hydrogen) atoms. The van der Waals surface area contributed by atoms with Crippen LogP contribution in [0.4, 0.5) is 5.69 Å². The highest BCUT2D eigenvalue weighted by Crippen LogP contribution is 2.26. The van der Waals surface area contributed by atoms with Gasteiger partial charge in [-0.1, -0.05) is 25.1 Å². The van der Waals surface area contributed by atoms with Crippen LogP contribution in [-0.2, 0) is 11.2 Å². The molecule has 1 atom stereocenters. The van der Waals surface area contributed by atoms with Gasteiger partial charge in [0.1, 0.15) is 6.04 Å². The van der Waals surface area contributed by atoms with Crippen molar-refractivity contribution in [2.75, 3.05) is 18.4 Å². The van der Waals surface area contributed by atoms with Gasteiger partial charge in [-0.2, -0.15) is 0 Å². The van der Waals surface area contributed by atoms with Crippen molar-refractivity contribution in [2.24, 2.45) is 5.92 Å². The maximum absolute atomic E-state index is 12.5. The first-order valence-electron chi connectivity index (χ1n) is 7.37. The molecule has 1 aromatic carbocycles. The number of para-hydroxylation sites is 1. The van der Waals surface area contributed by atoms with Gasteiger partial charge in [0.05, 0.1) is 0 Å². The van der Waals surface area contributed by atoms with Gasteiger partial charge in [0.2, 0.25) is 5.91 Å². The van der Waals surface area contributed by atoms with E-state index >= 15 is 0 Å². The first-order valence-corrected chi connectivity index (χ1v) is 7.37. The Balaban J connectivity index is 1.66. The Bertz CT molecular complexity index is 464. The molecule has 1 N–H and O–H groups in total. The van der Waals surface area contributed by atoms with E-state index in [9.17, 15) is 4.79 Å². The fourth-order valence-corrected chi connectivity index (χ4v) is 3.07. The lowest BCUT2D eigenvalue weighted by Gasteiger charge is -2.35. The summed E-state index contributed by atoms with van der Waals surface area (Å²) in [6.07, 6.45) is 4.22. The molecule has 3 rings (SSSR count). The summed E-state index contributed by atoms with van der Waals surface area (Å²) in [6, 6.07) is 8.29. The van der Waals surface area contributed by atoms with Crippen molar-refractivity contribution in [3.63, 3.8) is 0 Å². The molecule has 102 valence electrons. The number of carbonyl (C=O) groups excluding carboxylic acids is 1. The van der Waals surface area contributed by atoms with E-state index in [0.717, 1.165) is 50.4 Å². The van der Waals surface area contributed by atoms with Crippen LogP contribution in [0.15, 0.2) is 24.3 Å². The molecule has 0 saturated carbocycles. The second-order valence-corrected chi connectivity index (χ2v) is 5.90. The maximum Gasteiger partial charge on any atom is 0.245 e. The number of amides is 1. The average Bonchev–Trinajstić information content (AvgIpc) is 2.47. The Labute approximate surface area is 115 Å². The van der Waals surface area contributed by atoms with Crippen LogP contribution in [-0.4, -0.2) is 29.9 Å². The first kappa shape index (κ1) is 12.5. The zero-order valence-electron chi connectivity index (χ0n) is 11.6. The number of nitrogens with one attached hydrogen (secondary N) is 1. The monoisotopic (exact) mass is 258 g/mol. The van der Waals surface area contributed by atoms with E-state index < -0.39 is 0 Å². The van der Waals surface area contributed by atoms with Crippen LogP contribution in [0.2, 0.25) is 0 Å². The SMILES string of the molecule is CC1CCN(C(=O)C2CCc3ccccc3N2)CC1. The molecule has 2 aliphatic heterocycles. The van der Waals surface area contributed by atoms with Gasteiger partial charge in [0.15, 0.2) is 0 Å². The van der Waals surface area contributed by atoms with Crippen molar-refractivity contribution in [1.82, 2.24) is 4.90 Å². The molecule has 0 aromatic heterocycles. The van der Waals surface area contributed by atoms with Crippen LogP contribution in [0.5, 0.6) is 0 Å². The molecular weight excluding hydrogens is 236 g/mol. The van der Waals surface area contributed by atoms with E-state index in [1.807, 2.05) is 11.0 Å². The number of carbonyl (C=O) groups is 1. The van der Waals surface area contributed by atoms with E-state index in [2.05, 4.69) is 30.4 Å². The lowest BCUT2D eigenvalue weighted by atomic mass is 9.95. The van der Waals surface area contributed by atoms with Crippen LogP contribution in [0.1, 0.15) is 31.7 Å². The summed E-state index contributed by atoms with van der Waals surface area (Å²) in [7, 11) is 0. The fraction of sp³-hybridized carbons (Fsp3) is 0.562. The quantitative estimate of drug-likeness (QED) is 0.840. The van der Waals surface area contributed by atoms with Gasteiger partial charge in [-0.3, -0.25) is 4.79 Å². The van der Waals surface area contributed by atoms with E-state index in [0.29, 0.717) is 5.91 Å². The van der Waals surface area contributed by atoms with E-state index in [4.69, 9.17) is 0 Å². The van der Waals surface area contributed by atoms with Gasteiger partial charge in [-0.05, 0) is 43.2 Å². The highest BCUT2D eigenvalue weighted by atomic mass is 16.2. The third kappa shape index (κ3) is 2.60. The average molecular weight is 258 g/mol. The van der Waals surface area contributed by atoms with E-state index in [1.165, 1.54) is 5.56 Å². The lowest BCUT2D eigenvalue weighted by Crippen LogP contribution is -2.47. The molecule has 1 saturated heterocycles. The number of anilines is 1. The first-order chi connectivity index (χ1) is 9.24. The summed E-state index contributed by atoms with van der Waals surface area (Å²) < 4.78 is 0. The molecule has 1 unspecified atom stereocenters. The Morgan fingerprint density at radius 1 is 1.21 bits per heavy atom. The number of likely N-dealkylation sites (tertiary alicyclic amines) is 1. The third-order valence-corrected chi connectivity index (χ3v) is 4.44. The number of nitrogens with zero attached hydrogens (tertiary/aromatic N) is 1. The highest BCUT2D eigenvalue weighted by Gasteiger charge is 2.29. The van der Waals surface area contributed by atoms with Crippen molar-refractivity contribution in [3.05, 3.63) is 29.8 Å². The van der Waals surface area contributed by atoms with E-state index in [1.54, 1.807) is 0 Å². The molecule has 1 fully saturated rings. The summed E-state index contributed by atoms with van der Waals surface area (Å²) in [5.41, 5.74) is 2.47. The number of hydrogen-bond acceptors (Lipinski definition) is 2. The number of rotatable bonds is 1. The van der Waals surface area contributed by atoms with Gasteiger partial charge in [-0.25, -0.2) is 0 Å². The highest BCUT2D eigenvalue weighted by molar-refractivity contribution is 5.85. The van der Waals surface area contributed by atoms with Crippen molar-refractivity contribution in [1.29, 1.82) is 0 Å². The van der Waals surface area contributed by atoms with Gasteiger partial charge >= 0.3 is 0 Å². The summed E-state index contributed by atoms with van der Waals surface area (Å²) >= 11 is 0. The normalized spacial score (nSPS) is 23.6. The molecule has 3 heteroatoms. The maximum atomic E-state index is 12.5. The van der Waals surface area contributed by atoms with Crippen LogP contribution in [0.3, 0.4) is 0 Å². The van der Waals surface area contributed by atoms with Crippen molar-refractivity contribution in [2.45, 2.75) is 38.6 Å². The number of hydrogen-bond donors (Lipinski definition) is 1.